The highest BCUT2D eigenvalue weighted by atomic mass is 35.5. The van der Waals surface area contributed by atoms with E-state index < -0.39 is 0 Å². The van der Waals surface area contributed by atoms with E-state index in [9.17, 15) is 4.79 Å². The summed E-state index contributed by atoms with van der Waals surface area (Å²) in [6.45, 7) is 1.83. The minimum atomic E-state index is -0.341. The van der Waals surface area contributed by atoms with Gasteiger partial charge in [0.2, 0.25) is 5.91 Å². The van der Waals surface area contributed by atoms with E-state index in [1.54, 1.807) is 12.1 Å². The van der Waals surface area contributed by atoms with Gasteiger partial charge in [-0.3, -0.25) is 4.79 Å². The molecule has 0 radical (unpaired) electrons. The van der Waals surface area contributed by atoms with E-state index in [4.69, 9.17) is 23.2 Å². The summed E-state index contributed by atoms with van der Waals surface area (Å²) in [5.41, 5.74) is 3.29. The second-order valence-electron chi connectivity index (χ2n) is 5.97. The van der Waals surface area contributed by atoms with Crippen LogP contribution in [-0.4, -0.2) is 26.1 Å². The van der Waals surface area contributed by atoms with Gasteiger partial charge in [-0.15, -0.1) is 11.3 Å². The van der Waals surface area contributed by atoms with Crippen LogP contribution in [0.2, 0.25) is 10.0 Å². The normalized spacial score (nSPS) is 12.2. The van der Waals surface area contributed by atoms with Gasteiger partial charge in [-0.25, -0.2) is 9.97 Å². The van der Waals surface area contributed by atoms with Gasteiger partial charge >= 0.3 is 0 Å². The first kappa shape index (κ1) is 19.3. The van der Waals surface area contributed by atoms with Crippen LogP contribution in [0, 0.1) is 0 Å². The Hall–Kier alpha value is -2.06. The number of anilines is 1. The molecule has 142 valence electrons. The van der Waals surface area contributed by atoms with Crippen LogP contribution in [0.3, 0.4) is 0 Å². The van der Waals surface area contributed by atoms with Crippen molar-refractivity contribution in [3.8, 4) is 11.3 Å². The van der Waals surface area contributed by atoms with Crippen LogP contribution in [0.5, 0.6) is 0 Å². The number of carbonyl (C=O) groups excluding carboxylic acids is 1. The standard InChI is InChI=1S/C19H14Cl2N4OS2/c1-10(28-19-22-14-4-2-3-5-15(14)23-19)17(26)25-18-24-16(9-27-18)12-7-6-11(20)8-13(12)21/h2-10H,1H3,(H,22,23)(H,24,25,26). The molecule has 28 heavy (non-hydrogen) atoms. The first-order valence-corrected chi connectivity index (χ1v) is 10.8. The van der Waals surface area contributed by atoms with Crippen molar-refractivity contribution >= 4 is 68.4 Å². The molecule has 2 heterocycles. The Morgan fingerprint density at radius 3 is 2.82 bits per heavy atom. The van der Waals surface area contributed by atoms with Gasteiger partial charge in [-0.1, -0.05) is 47.1 Å². The van der Waals surface area contributed by atoms with Gasteiger partial charge < -0.3 is 10.3 Å². The van der Waals surface area contributed by atoms with Crippen molar-refractivity contribution in [2.75, 3.05) is 5.32 Å². The van der Waals surface area contributed by atoms with Gasteiger partial charge in [0, 0.05) is 16.0 Å². The fourth-order valence-corrected chi connectivity index (χ4v) is 4.60. The SMILES string of the molecule is CC(Sc1nc2ccccc2[nH]1)C(=O)Nc1nc(-c2ccc(Cl)cc2Cl)cs1. The number of amides is 1. The highest BCUT2D eigenvalue weighted by molar-refractivity contribution is 8.00. The molecule has 0 saturated carbocycles. The number of nitrogens with one attached hydrogen (secondary N) is 2. The lowest BCUT2D eigenvalue weighted by atomic mass is 10.2. The second-order valence-corrected chi connectivity index (χ2v) is 9.00. The van der Waals surface area contributed by atoms with E-state index in [0.29, 0.717) is 26.0 Å². The zero-order chi connectivity index (χ0) is 19.7. The van der Waals surface area contributed by atoms with Crippen LogP contribution in [0.1, 0.15) is 6.92 Å². The monoisotopic (exact) mass is 448 g/mol. The number of para-hydroxylation sites is 2. The molecule has 0 fully saturated rings. The van der Waals surface area contributed by atoms with Crippen molar-refractivity contribution in [1.82, 2.24) is 15.0 Å². The Morgan fingerprint density at radius 1 is 1.21 bits per heavy atom. The molecule has 0 spiro atoms. The molecule has 4 rings (SSSR count). The smallest absolute Gasteiger partial charge is 0.239 e. The number of rotatable bonds is 5. The van der Waals surface area contributed by atoms with E-state index in [1.165, 1.54) is 23.1 Å². The summed E-state index contributed by atoms with van der Waals surface area (Å²) >= 11 is 14.9. The number of H-pyrrole nitrogens is 1. The van der Waals surface area contributed by atoms with Gasteiger partial charge in [0.1, 0.15) is 0 Å². The Kier molecular flexibility index (Phi) is 5.59. The Morgan fingerprint density at radius 2 is 2.04 bits per heavy atom. The Bertz CT molecular complexity index is 1120. The maximum atomic E-state index is 12.5. The van der Waals surface area contributed by atoms with Crippen molar-refractivity contribution in [3.63, 3.8) is 0 Å². The molecule has 1 amide bonds. The molecule has 5 nitrogen and oxygen atoms in total. The van der Waals surface area contributed by atoms with Crippen LogP contribution in [-0.2, 0) is 4.79 Å². The van der Waals surface area contributed by atoms with Gasteiger partial charge in [-0.05, 0) is 37.3 Å². The van der Waals surface area contributed by atoms with Gasteiger partial charge in [0.25, 0.3) is 0 Å². The first-order chi connectivity index (χ1) is 13.5. The number of thiazole rings is 1. The predicted molar refractivity (Wildman–Crippen MR) is 118 cm³/mol. The van der Waals surface area contributed by atoms with Crippen LogP contribution in [0.15, 0.2) is 53.0 Å². The molecule has 1 unspecified atom stereocenters. The molecule has 9 heteroatoms. The molecular formula is C19H14Cl2N4OS2. The second kappa shape index (κ2) is 8.13. The fourth-order valence-electron chi connectivity index (χ4n) is 2.57. The van der Waals surface area contributed by atoms with Gasteiger partial charge in [0.05, 0.1) is 27.0 Å². The summed E-state index contributed by atoms with van der Waals surface area (Å²) in [7, 11) is 0. The molecule has 0 saturated heterocycles. The average Bonchev–Trinajstić information content (AvgIpc) is 3.27. The first-order valence-electron chi connectivity index (χ1n) is 8.33. The molecule has 4 aromatic rings. The maximum Gasteiger partial charge on any atom is 0.239 e. The highest BCUT2D eigenvalue weighted by Gasteiger charge is 2.18. The average molecular weight is 449 g/mol. The number of aromatic amines is 1. The van der Waals surface area contributed by atoms with Crippen LogP contribution in [0.25, 0.3) is 22.3 Å². The summed E-state index contributed by atoms with van der Waals surface area (Å²) in [4.78, 5) is 24.7. The largest absolute Gasteiger partial charge is 0.333 e. The maximum absolute atomic E-state index is 12.5. The van der Waals surface area contributed by atoms with Crippen molar-refractivity contribution in [3.05, 3.63) is 57.9 Å². The number of fused-ring (bicyclic) bond motifs is 1. The molecule has 1 atom stereocenters. The quantitative estimate of drug-likeness (QED) is 0.361. The highest BCUT2D eigenvalue weighted by Crippen LogP contribution is 2.32. The van der Waals surface area contributed by atoms with E-state index in [0.717, 1.165) is 16.6 Å². The van der Waals surface area contributed by atoms with Crippen molar-refractivity contribution < 1.29 is 4.79 Å². The van der Waals surface area contributed by atoms with Crippen molar-refractivity contribution in [2.24, 2.45) is 0 Å². The summed E-state index contributed by atoms with van der Waals surface area (Å²) < 4.78 is 0. The van der Waals surface area contributed by atoms with Crippen LogP contribution >= 0.6 is 46.3 Å². The number of thioether (sulfide) groups is 1. The van der Waals surface area contributed by atoms with E-state index in [-0.39, 0.29) is 11.2 Å². The van der Waals surface area contributed by atoms with Crippen LogP contribution in [0.4, 0.5) is 5.13 Å². The molecular weight excluding hydrogens is 435 g/mol. The summed E-state index contributed by atoms with van der Waals surface area (Å²) in [5.74, 6) is -0.145. The number of imidazole rings is 1. The lowest BCUT2D eigenvalue weighted by molar-refractivity contribution is -0.115. The van der Waals surface area contributed by atoms with E-state index in [1.807, 2.05) is 42.6 Å². The van der Waals surface area contributed by atoms with E-state index >= 15 is 0 Å². The van der Waals surface area contributed by atoms with Crippen LogP contribution < -0.4 is 5.32 Å². The minimum Gasteiger partial charge on any atom is -0.333 e. The molecule has 2 aromatic carbocycles. The summed E-state index contributed by atoms with van der Waals surface area (Å²) in [5, 5.41) is 6.67. The van der Waals surface area contributed by atoms with Gasteiger partial charge in [0.15, 0.2) is 10.3 Å². The lowest BCUT2D eigenvalue weighted by Crippen LogP contribution is -2.22. The zero-order valence-electron chi connectivity index (χ0n) is 14.6. The number of nitrogens with zero attached hydrogens (tertiary/aromatic N) is 2. The number of carbonyl (C=O) groups is 1. The summed E-state index contributed by atoms with van der Waals surface area (Å²) in [6, 6.07) is 13.0. The number of aromatic nitrogens is 3. The third kappa shape index (κ3) is 4.17. The number of halogens is 2. The predicted octanol–water partition coefficient (Wildman–Crippen LogP) is 6.11. The number of benzene rings is 2. The molecule has 0 bridgehead atoms. The minimum absolute atomic E-state index is 0.145. The summed E-state index contributed by atoms with van der Waals surface area (Å²) in [6.07, 6.45) is 0. The fraction of sp³-hybridized carbons (Fsp3) is 0.105. The molecule has 0 aliphatic rings. The Balaban J connectivity index is 1.43. The molecule has 0 aliphatic carbocycles. The molecule has 0 aliphatic heterocycles. The van der Waals surface area contributed by atoms with E-state index in [2.05, 4.69) is 20.3 Å². The Labute approximate surface area is 179 Å². The van der Waals surface area contributed by atoms with Gasteiger partial charge in [-0.2, -0.15) is 0 Å². The third-order valence-electron chi connectivity index (χ3n) is 3.97. The third-order valence-corrected chi connectivity index (χ3v) is 6.26. The zero-order valence-corrected chi connectivity index (χ0v) is 17.7. The molecule has 2 aromatic heterocycles. The molecule has 2 N–H and O–H groups in total. The number of hydrogen-bond donors (Lipinski definition) is 2. The lowest BCUT2D eigenvalue weighted by Gasteiger charge is -2.08. The number of hydrogen-bond acceptors (Lipinski definition) is 5. The topological polar surface area (TPSA) is 70.7 Å². The van der Waals surface area contributed by atoms with Crippen molar-refractivity contribution in [2.45, 2.75) is 17.3 Å². The van der Waals surface area contributed by atoms with Crippen molar-refractivity contribution in [1.29, 1.82) is 0 Å².